The van der Waals surface area contributed by atoms with Gasteiger partial charge in [0.05, 0.1) is 0 Å². The van der Waals surface area contributed by atoms with Crippen molar-refractivity contribution >= 4 is 11.6 Å². The first-order chi connectivity index (χ1) is 8.06. The SMILES string of the molecule is CCC(=O)N(CCN(C)C)c1ccccc1C. The van der Waals surface area contributed by atoms with E-state index in [0.717, 1.165) is 24.3 Å². The van der Waals surface area contributed by atoms with Gasteiger partial charge in [-0.05, 0) is 32.6 Å². The molecule has 17 heavy (non-hydrogen) atoms. The van der Waals surface area contributed by atoms with Crippen molar-refractivity contribution in [2.75, 3.05) is 32.1 Å². The van der Waals surface area contributed by atoms with Crippen LogP contribution < -0.4 is 4.90 Å². The summed E-state index contributed by atoms with van der Waals surface area (Å²) >= 11 is 0. The number of hydrogen-bond donors (Lipinski definition) is 0. The number of nitrogens with zero attached hydrogens (tertiary/aromatic N) is 2. The standard InChI is InChI=1S/C14H22N2O/c1-5-14(17)16(11-10-15(3)4)13-9-7-6-8-12(13)2/h6-9H,5,10-11H2,1-4H3. The molecule has 0 heterocycles. The number of hydrogen-bond acceptors (Lipinski definition) is 2. The lowest BCUT2D eigenvalue weighted by atomic mass is 10.1. The van der Waals surface area contributed by atoms with Crippen LogP contribution in [0.15, 0.2) is 24.3 Å². The second kappa shape index (κ2) is 6.40. The zero-order valence-corrected chi connectivity index (χ0v) is 11.2. The normalized spacial score (nSPS) is 10.6. The minimum Gasteiger partial charge on any atom is -0.311 e. The summed E-state index contributed by atoms with van der Waals surface area (Å²) in [6.45, 7) is 5.56. The molecule has 0 N–H and O–H groups in total. The van der Waals surface area contributed by atoms with Crippen LogP contribution in [0.3, 0.4) is 0 Å². The smallest absolute Gasteiger partial charge is 0.226 e. The van der Waals surface area contributed by atoms with Crippen LogP contribution in [-0.4, -0.2) is 38.0 Å². The van der Waals surface area contributed by atoms with Crippen molar-refractivity contribution in [1.29, 1.82) is 0 Å². The molecule has 0 aliphatic carbocycles. The molecule has 0 radical (unpaired) electrons. The summed E-state index contributed by atoms with van der Waals surface area (Å²) in [7, 11) is 4.04. The van der Waals surface area contributed by atoms with Crippen LogP contribution in [-0.2, 0) is 4.79 Å². The molecule has 1 rings (SSSR count). The zero-order valence-electron chi connectivity index (χ0n) is 11.2. The van der Waals surface area contributed by atoms with Crippen LogP contribution in [0.5, 0.6) is 0 Å². The van der Waals surface area contributed by atoms with Gasteiger partial charge in [0.1, 0.15) is 0 Å². The highest BCUT2D eigenvalue weighted by molar-refractivity contribution is 5.93. The molecule has 94 valence electrons. The first-order valence-electron chi connectivity index (χ1n) is 6.07. The number of para-hydroxylation sites is 1. The van der Waals surface area contributed by atoms with Gasteiger partial charge < -0.3 is 9.80 Å². The van der Waals surface area contributed by atoms with Crippen LogP contribution in [0.1, 0.15) is 18.9 Å². The second-order valence-corrected chi connectivity index (χ2v) is 4.49. The Labute approximate surface area is 104 Å². The maximum atomic E-state index is 12.0. The van der Waals surface area contributed by atoms with Crippen molar-refractivity contribution in [3.63, 3.8) is 0 Å². The van der Waals surface area contributed by atoms with Gasteiger partial charge in [-0.2, -0.15) is 0 Å². The van der Waals surface area contributed by atoms with Crippen LogP contribution in [0, 0.1) is 6.92 Å². The third-order valence-corrected chi connectivity index (χ3v) is 2.78. The molecular weight excluding hydrogens is 212 g/mol. The van der Waals surface area contributed by atoms with Gasteiger partial charge in [0.15, 0.2) is 0 Å². The average molecular weight is 234 g/mol. The number of amides is 1. The van der Waals surface area contributed by atoms with E-state index in [4.69, 9.17) is 0 Å². The predicted molar refractivity (Wildman–Crippen MR) is 72.4 cm³/mol. The number of carbonyl (C=O) groups excluding carboxylic acids is 1. The molecule has 1 amide bonds. The van der Waals surface area contributed by atoms with Crippen LogP contribution in [0.2, 0.25) is 0 Å². The van der Waals surface area contributed by atoms with E-state index in [9.17, 15) is 4.79 Å². The highest BCUT2D eigenvalue weighted by atomic mass is 16.2. The molecule has 0 saturated heterocycles. The number of aryl methyl sites for hydroxylation is 1. The van der Waals surface area contributed by atoms with Gasteiger partial charge in [-0.1, -0.05) is 25.1 Å². The summed E-state index contributed by atoms with van der Waals surface area (Å²) in [5, 5.41) is 0. The zero-order chi connectivity index (χ0) is 12.8. The van der Waals surface area contributed by atoms with Gasteiger partial charge in [-0.15, -0.1) is 0 Å². The molecule has 3 nitrogen and oxygen atoms in total. The molecule has 0 unspecified atom stereocenters. The van der Waals surface area contributed by atoms with E-state index >= 15 is 0 Å². The number of anilines is 1. The van der Waals surface area contributed by atoms with Gasteiger partial charge in [-0.3, -0.25) is 4.79 Å². The summed E-state index contributed by atoms with van der Waals surface area (Å²) in [4.78, 5) is 16.0. The molecule has 0 aliphatic rings. The summed E-state index contributed by atoms with van der Waals surface area (Å²) < 4.78 is 0. The van der Waals surface area contributed by atoms with E-state index in [1.165, 1.54) is 0 Å². The minimum atomic E-state index is 0.182. The third-order valence-electron chi connectivity index (χ3n) is 2.78. The maximum absolute atomic E-state index is 12.0. The fourth-order valence-electron chi connectivity index (χ4n) is 1.74. The molecule has 0 fully saturated rings. The summed E-state index contributed by atoms with van der Waals surface area (Å²) in [5.74, 6) is 0.182. The van der Waals surface area contributed by atoms with Crippen molar-refractivity contribution < 1.29 is 4.79 Å². The van der Waals surface area contributed by atoms with Crippen LogP contribution >= 0.6 is 0 Å². The van der Waals surface area contributed by atoms with Crippen molar-refractivity contribution in [3.05, 3.63) is 29.8 Å². The number of rotatable bonds is 5. The summed E-state index contributed by atoms with van der Waals surface area (Å²) in [5.41, 5.74) is 2.18. The molecule has 1 aromatic rings. The molecule has 1 aromatic carbocycles. The Bertz CT molecular complexity index is 374. The van der Waals surface area contributed by atoms with Crippen molar-refractivity contribution in [3.8, 4) is 0 Å². The fourth-order valence-corrected chi connectivity index (χ4v) is 1.74. The lowest BCUT2D eigenvalue weighted by Crippen LogP contribution is -2.36. The van der Waals surface area contributed by atoms with E-state index in [2.05, 4.69) is 4.90 Å². The van der Waals surface area contributed by atoms with E-state index in [1.807, 2.05) is 57.1 Å². The molecule has 0 aromatic heterocycles. The largest absolute Gasteiger partial charge is 0.311 e. The Hall–Kier alpha value is -1.35. The van der Waals surface area contributed by atoms with E-state index < -0.39 is 0 Å². The highest BCUT2D eigenvalue weighted by Gasteiger charge is 2.15. The van der Waals surface area contributed by atoms with Gasteiger partial charge in [0.2, 0.25) is 5.91 Å². The number of benzene rings is 1. The van der Waals surface area contributed by atoms with Gasteiger partial charge in [0, 0.05) is 25.2 Å². The summed E-state index contributed by atoms with van der Waals surface area (Å²) in [6, 6.07) is 8.03. The van der Waals surface area contributed by atoms with Crippen molar-refractivity contribution in [1.82, 2.24) is 4.90 Å². The Morgan fingerprint density at radius 1 is 1.18 bits per heavy atom. The predicted octanol–water partition coefficient (Wildman–Crippen LogP) is 2.30. The molecule has 3 heteroatoms. The highest BCUT2D eigenvalue weighted by Crippen LogP contribution is 2.19. The quantitative estimate of drug-likeness (QED) is 0.780. The number of likely N-dealkylation sites (N-methyl/N-ethyl adjacent to an activating group) is 1. The summed E-state index contributed by atoms with van der Waals surface area (Å²) in [6.07, 6.45) is 0.543. The third kappa shape index (κ3) is 3.86. The van der Waals surface area contributed by atoms with Crippen LogP contribution in [0.4, 0.5) is 5.69 Å². The topological polar surface area (TPSA) is 23.6 Å². The number of carbonyl (C=O) groups is 1. The monoisotopic (exact) mass is 234 g/mol. The molecule has 0 atom stereocenters. The molecule has 0 aliphatic heterocycles. The minimum absolute atomic E-state index is 0.182. The Morgan fingerprint density at radius 2 is 1.82 bits per heavy atom. The molecule has 0 bridgehead atoms. The average Bonchev–Trinajstić information content (AvgIpc) is 2.30. The van der Waals surface area contributed by atoms with E-state index in [-0.39, 0.29) is 5.91 Å². The Kier molecular flexibility index (Phi) is 5.16. The first-order valence-corrected chi connectivity index (χ1v) is 6.07. The maximum Gasteiger partial charge on any atom is 0.226 e. The Morgan fingerprint density at radius 3 is 2.35 bits per heavy atom. The molecule has 0 saturated carbocycles. The van der Waals surface area contributed by atoms with Gasteiger partial charge in [-0.25, -0.2) is 0 Å². The lowest BCUT2D eigenvalue weighted by molar-refractivity contribution is -0.118. The van der Waals surface area contributed by atoms with Crippen molar-refractivity contribution in [2.24, 2.45) is 0 Å². The first kappa shape index (κ1) is 13.7. The fraction of sp³-hybridized carbons (Fsp3) is 0.500. The lowest BCUT2D eigenvalue weighted by Gasteiger charge is -2.25. The van der Waals surface area contributed by atoms with E-state index in [1.54, 1.807) is 0 Å². The van der Waals surface area contributed by atoms with Gasteiger partial charge in [0.25, 0.3) is 0 Å². The van der Waals surface area contributed by atoms with Gasteiger partial charge >= 0.3 is 0 Å². The van der Waals surface area contributed by atoms with Crippen LogP contribution in [0.25, 0.3) is 0 Å². The van der Waals surface area contributed by atoms with Crippen molar-refractivity contribution in [2.45, 2.75) is 20.3 Å². The second-order valence-electron chi connectivity index (χ2n) is 4.49. The molecule has 0 spiro atoms. The van der Waals surface area contributed by atoms with E-state index in [0.29, 0.717) is 6.42 Å². The Balaban J connectivity index is 2.90. The molecular formula is C14H22N2O.